The van der Waals surface area contributed by atoms with Crippen molar-refractivity contribution in [2.24, 2.45) is 5.14 Å². The highest BCUT2D eigenvalue weighted by Gasteiger charge is 2.19. The summed E-state index contributed by atoms with van der Waals surface area (Å²) in [6.07, 6.45) is 0. The van der Waals surface area contributed by atoms with Gasteiger partial charge in [0, 0.05) is 14.5 Å². The highest BCUT2D eigenvalue weighted by molar-refractivity contribution is 9.11. The lowest BCUT2D eigenvalue weighted by Gasteiger charge is -2.03. The van der Waals surface area contributed by atoms with Gasteiger partial charge in [-0.15, -0.1) is 0 Å². The van der Waals surface area contributed by atoms with Crippen LogP contribution in [0.5, 0.6) is 0 Å². The van der Waals surface area contributed by atoms with Crippen LogP contribution in [0.2, 0.25) is 0 Å². The number of hydrogen-bond acceptors (Lipinski definition) is 5. The van der Waals surface area contributed by atoms with Gasteiger partial charge in [-0.25, -0.2) is 18.5 Å². The summed E-state index contributed by atoms with van der Waals surface area (Å²) < 4.78 is 24.1. The molecule has 0 bridgehead atoms. The molecule has 6 nitrogen and oxygen atoms in total. The molecule has 0 radical (unpaired) electrons. The molecule has 1 heterocycles. The van der Waals surface area contributed by atoms with E-state index in [0.717, 1.165) is 20.3 Å². The first-order chi connectivity index (χ1) is 9.66. The van der Waals surface area contributed by atoms with Gasteiger partial charge in [0.2, 0.25) is 10.0 Å². The lowest BCUT2D eigenvalue weighted by atomic mass is 10.2. The Morgan fingerprint density at radius 2 is 1.86 bits per heavy atom. The second-order valence-electron chi connectivity index (χ2n) is 4.05. The highest BCUT2D eigenvalue weighted by Crippen LogP contribution is 2.27. The number of rotatable bonds is 3. The lowest BCUT2D eigenvalue weighted by molar-refractivity contribution is 0.102. The second-order valence-corrected chi connectivity index (χ2v) is 8.64. The Morgan fingerprint density at radius 1 is 1.29 bits per heavy atom. The zero-order valence-corrected chi connectivity index (χ0v) is 15.4. The first-order valence-electron chi connectivity index (χ1n) is 5.44. The van der Waals surface area contributed by atoms with Gasteiger partial charge in [0.15, 0.2) is 9.34 Å². The predicted octanol–water partition coefficient (Wildman–Crippen LogP) is 2.88. The highest BCUT2D eigenvalue weighted by atomic mass is 79.9. The molecule has 0 unspecified atom stereocenters. The average Bonchev–Trinajstić information content (AvgIpc) is 2.68. The monoisotopic (exact) mass is 453 g/mol. The molecule has 0 fully saturated rings. The largest absolute Gasteiger partial charge is 0.298 e. The Morgan fingerprint density at radius 3 is 2.33 bits per heavy atom. The summed E-state index contributed by atoms with van der Waals surface area (Å²) in [5.74, 6) is -0.397. The Hall–Kier alpha value is -0.810. The number of nitrogens with two attached hydrogens (primary N) is 1. The van der Waals surface area contributed by atoms with Crippen LogP contribution in [0.15, 0.2) is 31.4 Å². The number of nitrogens with zero attached hydrogens (tertiary/aromatic N) is 1. The van der Waals surface area contributed by atoms with E-state index in [-0.39, 0.29) is 15.0 Å². The number of benzene rings is 1. The Labute approximate surface area is 142 Å². The van der Waals surface area contributed by atoms with E-state index in [1.165, 1.54) is 6.92 Å². The van der Waals surface area contributed by atoms with E-state index in [1.54, 1.807) is 18.2 Å². The van der Waals surface area contributed by atoms with Crippen LogP contribution in [0.25, 0.3) is 0 Å². The number of aryl methyl sites for hydroxylation is 1. The van der Waals surface area contributed by atoms with Crippen molar-refractivity contribution in [3.63, 3.8) is 0 Å². The number of halogens is 2. The van der Waals surface area contributed by atoms with Crippen molar-refractivity contribution in [2.75, 3.05) is 5.32 Å². The quantitative estimate of drug-likeness (QED) is 0.744. The maximum Gasteiger partial charge on any atom is 0.257 e. The van der Waals surface area contributed by atoms with Crippen LogP contribution in [0.1, 0.15) is 16.1 Å². The normalized spacial score (nSPS) is 11.4. The molecule has 2 rings (SSSR count). The molecule has 10 heteroatoms. The number of anilines is 1. The van der Waals surface area contributed by atoms with E-state index >= 15 is 0 Å². The van der Waals surface area contributed by atoms with Crippen LogP contribution < -0.4 is 10.5 Å². The molecule has 2 aromatic rings. The van der Waals surface area contributed by atoms with Crippen molar-refractivity contribution in [3.8, 4) is 0 Å². The molecule has 0 aliphatic heterocycles. The number of carbonyl (C=O) groups is 1. The average molecular weight is 455 g/mol. The van der Waals surface area contributed by atoms with Gasteiger partial charge in [-0.3, -0.25) is 10.1 Å². The molecule has 0 atom stereocenters. The Kier molecular flexibility index (Phi) is 4.83. The third kappa shape index (κ3) is 4.10. The molecule has 0 spiro atoms. The fraction of sp³-hybridized carbons (Fsp3) is 0.0909. The molecule has 21 heavy (non-hydrogen) atoms. The number of aromatic nitrogens is 1. The molecule has 0 saturated carbocycles. The molecule has 0 aliphatic rings. The maximum atomic E-state index is 12.1. The minimum Gasteiger partial charge on any atom is -0.298 e. The smallest absolute Gasteiger partial charge is 0.257 e. The SMILES string of the molecule is Cc1nc(NC(=O)c2cc(Br)cc(Br)c2)sc1S(N)(=O)=O. The first-order valence-corrected chi connectivity index (χ1v) is 9.39. The van der Waals surface area contributed by atoms with Crippen LogP contribution in [0.3, 0.4) is 0 Å². The summed E-state index contributed by atoms with van der Waals surface area (Å²) in [7, 11) is -3.84. The Bertz CT molecular complexity index is 798. The van der Waals surface area contributed by atoms with Crippen LogP contribution in [-0.2, 0) is 10.0 Å². The molecular weight excluding hydrogens is 446 g/mol. The summed E-state index contributed by atoms with van der Waals surface area (Å²) in [4.78, 5) is 16.1. The van der Waals surface area contributed by atoms with Gasteiger partial charge in [-0.2, -0.15) is 0 Å². The second kappa shape index (κ2) is 6.13. The summed E-state index contributed by atoms with van der Waals surface area (Å²) in [6, 6.07) is 5.08. The standard InChI is InChI=1S/C11H9Br2N3O3S2/c1-5-10(21(14,18)19)20-11(15-5)16-9(17)6-2-7(12)4-8(13)3-6/h2-4H,1H3,(H2,14,18,19)(H,15,16,17). The lowest BCUT2D eigenvalue weighted by Crippen LogP contribution is -2.11. The third-order valence-corrected chi connectivity index (χ3v) is 5.90. The van der Waals surface area contributed by atoms with E-state index in [0.29, 0.717) is 5.56 Å². The van der Waals surface area contributed by atoms with Crippen LogP contribution in [-0.4, -0.2) is 19.3 Å². The first kappa shape index (κ1) is 16.6. The number of primary sulfonamides is 1. The minimum atomic E-state index is -3.84. The minimum absolute atomic E-state index is 0.0618. The van der Waals surface area contributed by atoms with E-state index in [4.69, 9.17) is 5.14 Å². The molecule has 1 amide bonds. The van der Waals surface area contributed by atoms with Crippen molar-refractivity contribution in [1.82, 2.24) is 4.98 Å². The van der Waals surface area contributed by atoms with Crippen LogP contribution >= 0.6 is 43.2 Å². The van der Waals surface area contributed by atoms with E-state index in [9.17, 15) is 13.2 Å². The molecule has 3 N–H and O–H groups in total. The molecule has 112 valence electrons. The van der Waals surface area contributed by atoms with Crippen LogP contribution in [0, 0.1) is 6.92 Å². The topological polar surface area (TPSA) is 102 Å². The molecule has 1 aromatic heterocycles. The van der Waals surface area contributed by atoms with Gasteiger partial charge < -0.3 is 0 Å². The van der Waals surface area contributed by atoms with E-state index in [2.05, 4.69) is 42.2 Å². The predicted molar refractivity (Wildman–Crippen MR) is 88.0 cm³/mol. The summed E-state index contributed by atoms with van der Waals surface area (Å²) in [6.45, 7) is 1.52. The van der Waals surface area contributed by atoms with Gasteiger partial charge >= 0.3 is 0 Å². The van der Waals surface area contributed by atoms with Crippen molar-refractivity contribution >= 4 is 64.3 Å². The molecule has 0 aliphatic carbocycles. The number of thiazole rings is 1. The van der Waals surface area contributed by atoms with Gasteiger partial charge in [0.05, 0.1) is 5.69 Å². The summed E-state index contributed by atoms with van der Waals surface area (Å²) >= 11 is 7.40. The van der Waals surface area contributed by atoms with Crippen molar-refractivity contribution < 1.29 is 13.2 Å². The van der Waals surface area contributed by atoms with Gasteiger partial charge in [0.25, 0.3) is 5.91 Å². The van der Waals surface area contributed by atoms with Gasteiger partial charge in [-0.1, -0.05) is 43.2 Å². The van der Waals surface area contributed by atoms with E-state index < -0.39 is 15.9 Å². The molecule has 1 aromatic carbocycles. The zero-order valence-electron chi connectivity index (χ0n) is 10.6. The Balaban J connectivity index is 2.28. The number of nitrogens with one attached hydrogen (secondary N) is 1. The maximum absolute atomic E-state index is 12.1. The number of sulfonamides is 1. The van der Waals surface area contributed by atoms with Gasteiger partial charge in [0.1, 0.15) is 0 Å². The fourth-order valence-corrected chi connectivity index (χ4v) is 4.70. The fourth-order valence-electron chi connectivity index (χ4n) is 1.55. The number of hydrogen-bond donors (Lipinski definition) is 2. The van der Waals surface area contributed by atoms with Gasteiger partial charge in [-0.05, 0) is 25.1 Å². The van der Waals surface area contributed by atoms with Crippen LogP contribution in [0.4, 0.5) is 5.13 Å². The van der Waals surface area contributed by atoms with E-state index in [1.807, 2.05) is 0 Å². The van der Waals surface area contributed by atoms with Crippen molar-refractivity contribution in [1.29, 1.82) is 0 Å². The third-order valence-electron chi connectivity index (χ3n) is 2.36. The molecule has 0 saturated heterocycles. The number of carbonyl (C=O) groups excluding carboxylic acids is 1. The summed E-state index contributed by atoms with van der Waals surface area (Å²) in [5, 5.41) is 7.80. The number of amides is 1. The van der Waals surface area contributed by atoms with Crippen molar-refractivity contribution in [3.05, 3.63) is 38.4 Å². The zero-order chi connectivity index (χ0) is 15.8. The van der Waals surface area contributed by atoms with Crippen molar-refractivity contribution in [2.45, 2.75) is 11.1 Å². The molecular formula is C11H9Br2N3O3S2. The summed E-state index contributed by atoms with van der Waals surface area (Å²) in [5.41, 5.74) is 0.662.